The molecule has 2 heterocycles. The zero-order chi connectivity index (χ0) is 17.2. The molecule has 1 aliphatic rings. The van der Waals surface area contributed by atoms with Crippen molar-refractivity contribution in [1.82, 2.24) is 20.2 Å². The highest BCUT2D eigenvalue weighted by atomic mass is 32.2. The number of rotatable bonds is 6. The molecule has 1 fully saturated rings. The Labute approximate surface area is 151 Å². The average Bonchev–Trinajstić information content (AvgIpc) is 3.17. The minimum atomic E-state index is -0.290. The van der Waals surface area contributed by atoms with Gasteiger partial charge in [0, 0.05) is 16.9 Å². The van der Waals surface area contributed by atoms with Crippen LogP contribution in [0.25, 0.3) is 11.3 Å². The molecular weight excluding hydrogens is 361 g/mol. The van der Waals surface area contributed by atoms with E-state index in [0.29, 0.717) is 21.9 Å². The molecule has 128 valence electrons. The van der Waals surface area contributed by atoms with Crippen LogP contribution >= 0.6 is 23.1 Å². The highest BCUT2D eigenvalue weighted by molar-refractivity contribution is 7.99. The molecule has 0 saturated heterocycles. The van der Waals surface area contributed by atoms with Gasteiger partial charge in [-0.25, -0.2) is 14.4 Å². The second-order valence-corrected chi connectivity index (χ2v) is 7.46. The van der Waals surface area contributed by atoms with Crippen LogP contribution in [0.2, 0.25) is 0 Å². The highest BCUT2D eigenvalue weighted by Gasteiger charge is 2.27. The van der Waals surface area contributed by atoms with Gasteiger partial charge in [-0.1, -0.05) is 11.8 Å². The fourth-order valence-corrected chi connectivity index (χ4v) is 3.57. The van der Waals surface area contributed by atoms with Crippen molar-refractivity contribution >= 4 is 34.1 Å². The van der Waals surface area contributed by atoms with Crippen molar-refractivity contribution in [3.05, 3.63) is 41.3 Å². The van der Waals surface area contributed by atoms with Gasteiger partial charge in [-0.2, -0.15) is 0 Å². The van der Waals surface area contributed by atoms with E-state index in [1.54, 1.807) is 12.1 Å². The first-order chi connectivity index (χ1) is 12.2. The van der Waals surface area contributed by atoms with Crippen LogP contribution in [-0.4, -0.2) is 31.8 Å². The van der Waals surface area contributed by atoms with Crippen molar-refractivity contribution in [3.8, 4) is 11.3 Å². The number of benzene rings is 1. The van der Waals surface area contributed by atoms with Crippen LogP contribution < -0.4 is 5.32 Å². The van der Waals surface area contributed by atoms with Gasteiger partial charge in [-0.05, 0) is 37.1 Å². The Bertz CT molecular complexity index is 888. The molecule has 1 saturated carbocycles. The number of aromatic nitrogens is 4. The van der Waals surface area contributed by atoms with Crippen molar-refractivity contribution in [1.29, 1.82) is 0 Å². The van der Waals surface area contributed by atoms with Gasteiger partial charge in [0.2, 0.25) is 11.1 Å². The molecule has 1 aromatic carbocycles. The third-order valence-corrected chi connectivity index (χ3v) is 5.27. The lowest BCUT2D eigenvalue weighted by molar-refractivity contribution is -0.113. The quantitative estimate of drug-likeness (QED) is 0.642. The first-order valence-corrected chi connectivity index (χ1v) is 9.60. The number of nitrogens with one attached hydrogen (secondary N) is 2. The molecule has 0 radical (unpaired) electrons. The molecular formula is C16H14FN5OS2. The molecule has 1 aliphatic carbocycles. The molecule has 0 unspecified atom stereocenters. The maximum atomic E-state index is 13.0. The number of hydrogen-bond acceptors (Lipinski definition) is 6. The normalized spacial score (nSPS) is 13.8. The van der Waals surface area contributed by atoms with Crippen LogP contribution in [0.4, 0.5) is 9.52 Å². The van der Waals surface area contributed by atoms with Crippen molar-refractivity contribution in [3.63, 3.8) is 0 Å². The van der Waals surface area contributed by atoms with Gasteiger partial charge in [-0.3, -0.25) is 9.89 Å². The van der Waals surface area contributed by atoms with Gasteiger partial charge in [-0.15, -0.1) is 16.4 Å². The Balaban J connectivity index is 1.32. The van der Waals surface area contributed by atoms with E-state index in [2.05, 4.69) is 25.5 Å². The molecule has 2 N–H and O–H groups in total. The van der Waals surface area contributed by atoms with E-state index in [9.17, 15) is 9.18 Å². The SMILES string of the molecule is O=C(CSc1n[nH]c(C2CC2)n1)Nc1nc(-c2ccc(F)cc2)cs1. The Kier molecular flexibility index (Phi) is 4.50. The van der Waals surface area contributed by atoms with Crippen LogP contribution in [0.15, 0.2) is 34.8 Å². The monoisotopic (exact) mass is 375 g/mol. The maximum absolute atomic E-state index is 13.0. The van der Waals surface area contributed by atoms with Crippen molar-refractivity contribution < 1.29 is 9.18 Å². The summed E-state index contributed by atoms with van der Waals surface area (Å²) < 4.78 is 13.0. The summed E-state index contributed by atoms with van der Waals surface area (Å²) >= 11 is 2.62. The molecule has 0 spiro atoms. The Morgan fingerprint density at radius 2 is 2.12 bits per heavy atom. The summed E-state index contributed by atoms with van der Waals surface area (Å²) in [6, 6.07) is 6.09. The van der Waals surface area contributed by atoms with Gasteiger partial charge in [0.25, 0.3) is 0 Å². The summed E-state index contributed by atoms with van der Waals surface area (Å²) in [5, 5.41) is 12.7. The van der Waals surface area contributed by atoms with Gasteiger partial charge in [0.05, 0.1) is 11.4 Å². The summed E-state index contributed by atoms with van der Waals surface area (Å²) in [5.74, 6) is 1.18. The van der Waals surface area contributed by atoms with Crippen LogP contribution in [0, 0.1) is 5.82 Å². The Hall–Kier alpha value is -2.26. The fraction of sp³-hybridized carbons (Fsp3) is 0.250. The molecule has 9 heteroatoms. The molecule has 4 rings (SSSR count). The third kappa shape index (κ3) is 4.05. The van der Waals surface area contributed by atoms with Gasteiger partial charge >= 0.3 is 0 Å². The molecule has 0 bridgehead atoms. The first kappa shape index (κ1) is 16.2. The van der Waals surface area contributed by atoms with E-state index in [4.69, 9.17) is 0 Å². The minimum Gasteiger partial charge on any atom is -0.301 e. The van der Waals surface area contributed by atoms with E-state index in [-0.39, 0.29) is 17.5 Å². The molecule has 2 aromatic heterocycles. The topological polar surface area (TPSA) is 83.6 Å². The third-order valence-electron chi connectivity index (χ3n) is 3.67. The number of thioether (sulfide) groups is 1. The predicted molar refractivity (Wildman–Crippen MR) is 95.2 cm³/mol. The van der Waals surface area contributed by atoms with Gasteiger partial charge in [0.15, 0.2) is 5.13 Å². The first-order valence-electron chi connectivity index (χ1n) is 7.74. The summed E-state index contributed by atoms with van der Waals surface area (Å²) in [6.07, 6.45) is 2.31. The lowest BCUT2D eigenvalue weighted by atomic mass is 10.2. The molecule has 0 atom stereocenters. The number of halogens is 1. The van der Waals surface area contributed by atoms with Crippen molar-refractivity contribution in [2.24, 2.45) is 0 Å². The number of thiazole rings is 1. The summed E-state index contributed by atoms with van der Waals surface area (Å²) in [4.78, 5) is 20.8. The van der Waals surface area contributed by atoms with E-state index in [1.165, 1.54) is 35.2 Å². The number of aromatic amines is 1. The zero-order valence-electron chi connectivity index (χ0n) is 13.0. The molecule has 25 heavy (non-hydrogen) atoms. The Morgan fingerprint density at radius 1 is 1.32 bits per heavy atom. The van der Waals surface area contributed by atoms with Crippen LogP contribution in [0.1, 0.15) is 24.6 Å². The molecule has 3 aromatic rings. The van der Waals surface area contributed by atoms with E-state index in [0.717, 1.165) is 24.2 Å². The van der Waals surface area contributed by atoms with Crippen LogP contribution in [-0.2, 0) is 4.79 Å². The second kappa shape index (κ2) is 6.93. The fourth-order valence-electron chi connectivity index (χ4n) is 2.23. The van der Waals surface area contributed by atoms with Gasteiger partial charge < -0.3 is 5.32 Å². The smallest absolute Gasteiger partial charge is 0.236 e. The molecule has 6 nitrogen and oxygen atoms in total. The van der Waals surface area contributed by atoms with Crippen LogP contribution in [0.3, 0.4) is 0 Å². The largest absolute Gasteiger partial charge is 0.301 e. The number of nitrogens with zero attached hydrogens (tertiary/aromatic N) is 3. The number of hydrogen-bond donors (Lipinski definition) is 2. The predicted octanol–water partition coefficient (Wildman–Crippen LogP) is 3.68. The van der Waals surface area contributed by atoms with E-state index >= 15 is 0 Å². The summed E-state index contributed by atoms with van der Waals surface area (Å²) in [7, 11) is 0. The van der Waals surface area contributed by atoms with E-state index in [1.807, 2.05) is 5.38 Å². The highest BCUT2D eigenvalue weighted by Crippen LogP contribution is 2.38. The number of H-pyrrole nitrogens is 1. The minimum absolute atomic E-state index is 0.164. The number of amides is 1. The number of anilines is 1. The molecule has 0 aliphatic heterocycles. The maximum Gasteiger partial charge on any atom is 0.236 e. The number of carbonyl (C=O) groups is 1. The lowest BCUT2D eigenvalue weighted by Gasteiger charge is -1.99. The zero-order valence-corrected chi connectivity index (χ0v) is 14.7. The second-order valence-electron chi connectivity index (χ2n) is 5.66. The van der Waals surface area contributed by atoms with Crippen molar-refractivity contribution in [2.45, 2.75) is 23.9 Å². The standard InChI is InChI=1S/C16H14FN5OS2/c17-11-5-3-9(4-6-11)12-7-24-15(18-12)19-13(23)8-25-16-20-14(21-22-16)10-1-2-10/h3-7,10H,1-2,8H2,(H,18,19,23)(H,20,21,22). The Morgan fingerprint density at radius 3 is 2.88 bits per heavy atom. The average molecular weight is 375 g/mol. The number of carbonyl (C=O) groups excluding carboxylic acids is 1. The van der Waals surface area contributed by atoms with Gasteiger partial charge in [0.1, 0.15) is 11.6 Å². The van der Waals surface area contributed by atoms with Crippen molar-refractivity contribution in [2.75, 3.05) is 11.1 Å². The summed E-state index contributed by atoms with van der Waals surface area (Å²) in [6.45, 7) is 0. The van der Waals surface area contributed by atoms with E-state index < -0.39 is 0 Å². The van der Waals surface area contributed by atoms with Crippen LogP contribution in [0.5, 0.6) is 0 Å². The summed E-state index contributed by atoms with van der Waals surface area (Å²) in [5.41, 5.74) is 1.51. The lowest BCUT2D eigenvalue weighted by Crippen LogP contribution is -2.13. The molecule has 1 amide bonds.